The highest BCUT2D eigenvalue weighted by atomic mass is 35.5. The first-order valence-electron chi connectivity index (χ1n) is 10.1. The van der Waals surface area contributed by atoms with Crippen LogP contribution in [0.25, 0.3) is 16.5 Å². The van der Waals surface area contributed by atoms with E-state index in [2.05, 4.69) is 17.2 Å². The summed E-state index contributed by atoms with van der Waals surface area (Å²) in [4.78, 5) is 17.2. The van der Waals surface area contributed by atoms with Gasteiger partial charge in [0.1, 0.15) is 11.3 Å². The van der Waals surface area contributed by atoms with E-state index < -0.39 is 5.91 Å². The zero-order valence-electron chi connectivity index (χ0n) is 17.2. The zero-order chi connectivity index (χ0) is 21.5. The SMILES string of the molecule is CCCNC(=O)C(C=Nc1ccc(CC)cc1)=C(O)c1c(Cl)ccc2ccccc12. The van der Waals surface area contributed by atoms with E-state index in [1.807, 2.05) is 61.5 Å². The van der Waals surface area contributed by atoms with Gasteiger partial charge in [0.05, 0.1) is 10.7 Å². The first kappa shape index (κ1) is 21.6. The number of aryl methyl sites for hydroxylation is 1. The van der Waals surface area contributed by atoms with Gasteiger partial charge in [0.25, 0.3) is 5.91 Å². The number of benzene rings is 3. The number of amides is 1. The first-order chi connectivity index (χ1) is 14.5. The van der Waals surface area contributed by atoms with Crippen LogP contribution in [0.15, 0.2) is 71.2 Å². The summed E-state index contributed by atoms with van der Waals surface area (Å²) in [7, 11) is 0. The average Bonchev–Trinajstić information content (AvgIpc) is 2.78. The van der Waals surface area contributed by atoms with Crippen molar-refractivity contribution in [3.63, 3.8) is 0 Å². The second-order valence-electron chi connectivity index (χ2n) is 6.94. The molecule has 0 fully saturated rings. The fourth-order valence-electron chi connectivity index (χ4n) is 3.14. The third-order valence-corrected chi connectivity index (χ3v) is 5.15. The van der Waals surface area contributed by atoms with E-state index in [-0.39, 0.29) is 11.3 Å². The number of aliphatic hydroxyl groups excluding tert-OH is 1. The number of rotatable bonds is 7. The molecule has 0 bridgehead atoms. The molecule has 0 atom stereocenters. The average molecular weight is 421 g/mol. The largest absolute Gasteiger partial charge is 0.506 e. The summed E-state index contributed by atoms with van der Waals surface area (Å²) in [5.41, 5.74) is 2.39. The van der Waals surface area contributed by atoms with Crippen LogP contribution in [0, 0.1) is 0 Å². The summed E-state index contributed by atoms with van der Waals surface area (Å²) < 4.78 is 0. The summed E-state index contributed by atoms with van der Waals surface area (Å²) >= 11 is 6.43. The van der Waals surface area contributed by atoms with Crippen molar-refractivity contribution in [2.75, 3.05) is 6.54 Å². The van der Waals surface area contributed by atoms with Gasteiger partial charge in [-0.05, 0) is 47.4 Å². The van der Waals surface area contributed by atoms with E-state index >= 15 is 0 Å². The quantitative estimate of drug-likeness (QED) is 0.269. The Hall–Kier alpha value is -3.11. The maximum Gasteiger partial charge on any atom is 0.256 e. The minimum atomic E-state index is -0.396. The van der Waals surface area contributed by atoms with E-state index in [1.165, 1.54) is 11.8 Å². The molecule has 0 radical (unpaired) electrons. The molecule has 1 amide bonds. The minimum Gasteiger partial charge on any atom is -0.506 e. The van der Waals surface area contributed by atoms with Crippen molar-refractivity contribution < 1.29 is 9.90 Å². The molecule has 0 saturated carbocycles. The molecule has 2 N–H and O–H groups in total. The van der Waals surface area contributed by atoms with Gasteiger partial charge in [0, 0.05) is 18.3 Å². The second kappa shape index (κ2) is 10.1. The van der Waals surface area contributed by atoms with Crippen LogP contribution in [0.3, 0.4) is 0 Å². The number of nitrogens with zero attached hydrogens (tertiary/aromatic N) is 1. The van der Waals surface area contributed by atoms with Crippen LogP contribution in [0.5, 0.6) is 0 Å². The van der Waals surface area contributed by atoms with Gasteiger partial charge in [0.2, 0.25) is 0 Å². The Morgan fingerprint density at radius 2 is 1.80 bits per heavy atom. The Kier molecular flexibility index (Phi) is 7.26. The highest BCUT2D eigenvalue weighted by Crippen LogP contribution is 2.32. The molecule has 0 heterocycles. The number of hydrogen-bond acceptors (Lipinski definition) is 3. The third-order valence-electron chi connectivity index (χ3n) is 4.84. The van der Waals surface area contributed by atoms with Gasteiger partial charge < -0.3 is 10.4 Å². The van der Waals surface area contributed by atoms with Gasteiger partial charge >= 0.3 is 0 Å². The molecular formula is C25H25ClN2O2. The van der Waals surface area contributed by atoms with Gasteiger partial charge in [-0.2, -0.15) is 0 Å². The molecule has 3 rings (SSSR count). The Morgan fingerprint density at radius 3 is 2.50 bits per heavy atom. The molecule has 0 aliphatic rings. The van der Waals surface area contributed by atoms with E-state index in [0.717, 1.165) is 23.6 Å². The fourth-order valence-corrected chi connectivity index (χ4v) is 3.39. The predicted octanol–water partition coefficient (Wildman–Crippen LogP) is 6.25. The van der Waals surface area contributed by atoms with Crippen molar-refractivity contribution in [2.24, 2.45) is 4.99 Å². The Balaban J connectivity index is 2.11. The number of aliphatic imine (C=N–C) groups is 1. The summed E-state index contributed by atoms with van der Waals surface area (Å²) in [5.74, 6) is -0.591. The number of halogens is 1. The van der Waals surface area contributed by atoms with Crippen LogP contribution in [0.2, 0.25) is 5.02 Å². The van der Waals surface area contributed by atoms with Crippen LogP contribution in [0.1, 0.15) is 31.4 Å². The van der Waals surface area contributed by atoms with E-state index in [4.69, 9.17) is 11.6 Å². The topological polar surface area (TPSA) is 61.7 Å². The summed E-state index contributed by atoms with van der Waals surface area (Å²) in [6.45, 7) is 4.55. The number of carbonyl (C=O) groups is 1. The molecule has 154 valence electrons. The lowest BCUT2D eigenvalue weighted by Gasteiger charge is -2.12. The normalized spacial score (nSPS) is 12.2. The zero-order valence-corrected chi connectivity index (χ0v) is 17.9. The van der Waals surface area contributed by atoms with Gasteiger partial charge in [-0.15, -0.1) is 0 Å². The number of aliphatic hydroxyl groups is 1. The van der Waals surface area contributed by atoms with Crippen molar-refractivity contribution >= 4 is 45.9 Å². The predicted molar refractivity (Wildman–Crippen MR) is 126 cm³/mol. The Labute approximate surface area is 181 Å². The molecule has 5 heteroatoms. The van der Waals surface area contributed by atoms with Gasteiger partial charge in [0.15, 0.2) is 0 Å². The monoisotopic (exact) mass is 420 g/mol. The highest BCUT2D eigenvalue weighted by molar-refractivity contribution is 6.34. The molecule has 0 saturated heterocycles. The highest BCUT2D eigenvalue weighted by Gasteiger charge is 2.19. The van der Waals surface area contributed by atoms with Gasteiger partial charge in [-0.1, -0.05) is 67.9 Å². The molecule has 0 unspecified atom stereocenters. The number of nitrogens with one attached hydrogen (secondary N) is 1. The second-order valence-corrected chi connectivity index (χ2v) is 7.35. The van der Waals surface area contributed by atoms with Crippen molar-refractivity contribution in [2.45, 2.75) is 26.7 Å². The Morgan fingerprint density at radius 1 is 1.07 bits per heavy atom. The van der Waals surface area contributed by atoms with Crippen molar-refractivity contribution in [3.05, 3.63) is 82.4 Å². The molecule has 0 aliphatic carbocycles. The fraction of sp³-hybridized carbons (Fsp3) is 0.200. The lowest BCUT2D eigenvalue weighted by Crippen LogP contribution is -2.27. The van der Waals surface area contributed by atoms with E-state index in [0.29, 0.717) is 22.8 Å². The van der Waals surface area contributed by atoms with Crippen LogP contribution in [-0.4, -0.2) is 23.8 Å². The lowest BCUT2D eigenvalue weighted by molar-refractivity contribution is -0.116. The van der Waals surface area contributed by atoms with Crippen LogP contribution < -0.4 is 5.32 Å². The Bertz CT molecular complexity index is 1100. The van der Waals surface area contributed by atoms with E-state index in [1.54, 1.807) is 6.07 Å². The summed E-state index contributed by atoms with van der Waals surface area (Å²) in [5, 5.41) is 16.0. The minimum absolute atomic E-state index is 0.0706. The first-order valence-corrected chi connectivity index (χ1v) is 10.4. The molecule has 0 spiro atoms. The van der Waals surface area contributed by atoms with Crippen molar-refractivity contribution in [1.82, 2.24) is 5.32 Å². The summed E-state index contributed by atoms with van der Waals surface area (Å²) in [6, 6.07) is 19.0. The maximum atomic E-state index is 12.8. The van der Waals surface area contributed by atoms with Gasteiger partial charge in [-0.25, -0.2) is 0 Å². The molecule has 3 aromatic carbocycles. The number of hydrogen-bond donors (Lipinski definition) is 2. The third kappa shape index (κ3) is 4.89. The standard InChI is InChI=1S/C25H25ClN2O2/c1-3-15-27-25(30)21(16-28-19-12-9-17(4-2)10-13-19)24(29)23-20-8-6-5-7-18(20)11-14-22(23)26/h5-14,16,29H,3-4,15H2,1-2H3,(H,27,30). The molecule has 3 aromatic rings. The van der Waals surface area contributed by atoms with Gasteiger partial charge in [-0.3, -0.25) is 9.79 Å². The lowest BCUT2D eigenvalue weighted by atomic mass is 10.0. The van der Waals surface area contributed by atoms with Crippen LogP contribution >= 0.6 is 11.6 Å². The van der Waals surface area contributed by atoms with Crippen LogP contribution in [-0.2, 0) is 11.2 Å². The maximum absolute atomic E-state index is 12.8. The number of fused-ring (bicyclic) bond motifs is 1. The van der Waals surface area contributed by atoms with E-state index in [9.17, 15) is 9.90 Å². The summed E-state index contributed by atoms with van der Waals surface area (Å²) in [6.07, 6.45) is 3.12. The molecular weight excluding hydrogens is 396 g/mol. The number of carbonyl (C=O) groups excluding carboxylic acids is 1. The smallest absolute Gasteiger partial charge is 0.256 e. The molecule has 0 aromatic heterocycles. The van der Waals surface area contributed by atoms with Crippen molar-refractivity contribution in [1.29, 1.82) is 0 Å². The molecule has 4 nitrogen and oxygen atoms in total. The molecule has 30 heavy (non-hydrogen) atoms. The molecule has 0 aliphatic heterocycles. The van der Waals surface area contributed by atoms with Crippen LogP contribution in [0.4, 0.5) is 5.69 Å². The van der Waals surface area contributed by atoms with Crippen molar-refractivity contribution in [3.8, 4) is 0 Å².